The zero-order valence-corrected chi connectivity index (χ0v) is 27.8. The van der Waals surface area contributed by atoms with Crippen molar-refractivity contribution in [1.82, 2.24) is 24.1 Å². The molecule has 1 atom stereocenters. The number of benzene rings is 2. The highest BCUT2D eigenvalue weighted by Gasteiger charge is 2.35. The molecule has 0 amide bonds. The van der Waals surface area contributed by atoms with E-state index >= 15 is 0 Å². The minimum absolute atomic E-state index is 0.182. The van der Waals surface area contributed by atoms with Crippen molar-refractivity contribution in [3.63, 3.8) is 0 Å². The summed E-state index contributed by atoms with van der Waals surface area (Å²) < 4.78 is 49.1. The van der Waals surface area contributed by atoms with Gasteiger partial charge in [0.25, 0.3) is 0 Å². The van der Waals surface area contributed by atoms with Gasteiger partial charge in [0.2, 0.25) is 0 Å². The predicted molar refractivity (Wildman–Crippen MR) is 173 cm³/mol. The lowest BCUT2D eigenvalue weighted by atomic mass is 9.88. The third-order valence-electron chi connectivity index (χ3n) is 8.07. The number of ether oxygens (including phenoxy) is 1. The van der Waals surface area contributed by atoms with Crippen LogP contribution in [0.4, 0.5) is 13.2 Å². The van der Waals surface area contributed by atoms with Gasteiger partial charge in [0.05, 0.1) is 17.2 Å². The number of rotatable bonds is 10. The molecule has 0 aliphatic rings. The number of fused-ring (bicyclic) bond motifs is 1. The van der Waals surface area contributed by atoms with Crippen LogP contribution < -0.4 is 0 Å². The van der Waals surface area contributed by atoms with Crippen LogP contribution in [0.2, 0.25) is 25.7 Å². The van der Waals surface area contributed by atoms with Gasteiger partial charge in [-0.3, -0.25) is 0 Å². The van der Waals surface area contributed by atoms with Crippen LogP contribution in [0, 0.1) is 0 Å². The van der Waals surface area contributed by atoms with Gasteiger partial charge in [-0.15, -0.1) is 0 Å². The van der Waals surface area contributed by atoms with E-state index in [0.717, 1.165) is 28.9 Å². The van der Waals surface area contributed by atoms with Crippen LogP contribution in [-0.4, -0.2) is 43.9 Å². The summed E-state index contributed by atoms with van der Waals surface area (Å²) >= 11 is 0. The maximum atomic E-state index is 13.3. The van der Waals surface area contributed by atoms with Crippen LogP contribution in [0.25, 0.3) is 33.8 Å². The minimum atomic E-state index is -4.54. The molecule has 0 fully saturated rings. The average Bonchev–Trinajstić information content (AvgIpc) is 3.55. The van der Waals surface area contributed by atoms with E-state index in [4.69, 9.17) is 14.7 Å². The van der Waals surface area contributed by atoms with E-state index in [1.54, 1.807) is 37.4 Å². The largest absolute Gasteiger partial charge is 0.434 e. The Labute approximate surface area is 262 Å². The third-order valence-corrected chi connectivity index (χ3v) is 9.77. The Morgan fingerprint density at radius 2 is 1.67 bits per heavy atom. The summed E-state index contributed by atoms with van der Waals surface area (Å²) in [5.74, 6) is 1.01. The Kier molecular flexibility index (Phi) is 8.82. The van der Waals surface area contributed by atoms with E-state index in [0.29, 0.717) is 34.6 Å². The van der Waals surface area contributed by atoms with E-state index in [1.165, 1.54) is 11.6 Å². The summed E-state index contributed by atoms with van der Waals surface area (Å²) in [6.45, 7) is 13.8. The van der Waals surface area contributed by atoms with Crippen LogP contribution >= 0.6 is 0 Å². The Morgan fingerprint density at radius 1 is 0.978 bits per heavy atom. The normalized spacial score (nSPS) is 14.0. The van der Waals surface area contributed by atoms with E-state index in [1.807, 2.05) is 29.0 Å². The second-order valence-electron chi connectivity index (χ2n) is 13.2. The summed E-state index contributed by atoms with van der Waals surface area (Å²) in [5, 5.41) is 12.1. The molecule has 0 bridgehead atoms. The zero-order chi connectivity index (χ0) is 32.7. The molecule has 0 aliphatic heterocycles. The van der Waals surface area contributed by atoms with Gasteiger partial charge >= 0.3 is 6.18 Å². The summed E-state index contributed by atoms with van der Waals surface area (Å²) in [5.41, 5.74) is 2.55. The smallest absolute Gasteiger partial charge is 0.381 e. The standard InChI is InChI=1S/C34H40F3N5O2Si/c1-22(2)25-10-8-9-11-26(25)31-38-18-28-30(40-31)27(19-42(28)21-44-16-17-45(5,6)7)33(3,43)24-14-12-23(13-15-24)32-39-29(20-41(32)4)34(35,36)37/h8-15,18-20,22,43H,16-17,21H2,1-7H3. The van der Waals surface area contributed by atoms with Crippen molar-refractivity contribution < 1.29 is 23.0 Å². The number of hydrogen-bond donors (Lipinski definition) is 1. The number of halogens is 3. The molecular formula is C34H40F3N5O2Si. The fourth-order valence-electron chi connectivity index (χ4n) is 5.38. The molecule has 3 heterocycles. The van der Waals surface area contributed by atoms with Crippen LogP contribution in [0.15, 0.2) is 67.1 Å². The second kappa shape index (κ2) is 12.2. The van der Waals surface area contributed by atoms with E-state index < -0.39 is 25.5 Å². The average molecular weight is 636 g/mol. The highest BCUT2D eigenvalue weighted by molar-refractivity contribution is 6.76. The van der Waals surface area contributed by atoms with Crippen molar-refractivity contribution in [2.75, 3.05) is 6.61 Å². The van der Waals surface area contributed by atoms with Gasteiger partial charge in [0.1, 0.15) is 18.2 Å². The maximum Gasteiger partial charge on any atom is 0.434 e. The molecule has 11 heteroatoms. The van der Waals surface area contributed by atoms with E-state index in [2.05, 4.69) is 44.5 Å². The number of aryl methyl sites for hydroxylation is 1. The number of imidazole rings is 1. The Bertz CT molecular complexity index is 1800. The lowest BCUT2D eigenvalue weighted by Crippen LogP contribution is -2.23. The molecule has 3 aromatic heterocycles. The molecule has 7 nitrogen and oxygen atoms in total. The van der Waals surface area contributed by atoms with Crippen molar-refractivity contribution in [1.29, 1.82) is 0 Å². The van der Waals surface area contributed by atoms with E-state index in [9.17, 15) is 18.3 Å². The third kappa shape index (κ3) is 6.90. The van der Waals surface area contributed by atoms with Gasteiger partial charge in [0, 0.05) is 50.8 Å². The summed E-state index contributed by atoms with van der Waals surface area (Å²) in [7, 11) is 0.246. The van der Waals surface area contributed by atoms with Crippen LogP contribution in [0.3, 0.4) is 0 Å². The van der Waals surface area contributed by atoms with Crippen molar-refractivity contribution in [3.8, 4) is 22.8 Å². The number of nitrogens with zero attached hydrogens (tertiary/aromatic N) is 5. The lowest BCUT2D eigenvalue weighted by molar-refractivity contribution is -0.140. The van der Waals surface area contributed by atoms with Gasteiger partial charge in [-0.25, -0.2) is 15.0 Å². The summed E-state index contributed by atoms with van der Waals surface area (Å²) in [4.78, 5) is 13.5. The van der Waals surface area contributed by atoms with Crippen LogP contribution in [-0.2, 0) is 30.3 Å². The van der Waals surface area contributed by atoms with Gasteiger partial charge in [-0.1, -0.05) is 82.0 Å². The molecule has 1 N–H and O–H groups in total. The fraction of sp³-hybridized carbons (Fsp3) is 0.382. The number of aliphatic hydroxyl groups is 1. The maximum absolute atomic E-state index is 13.3. The van der Waals surface area contributed by atoms with Crippen molar-refractivity contribution in [2.45, 2.75) is 70.9 Å². The molecule has 2 aromatic carbocycles. The predicted octanol–water partition coefficient (Wildman–Crippen LogP) is 8.21. The molecule has 0 spiro atoms. The Balaban J connectivity index is 1.56. The fourth-order valence-corrected chi connectivity index (χ4v) is 6.14. The monoisotopic (exact) mass is 635 g/mol. The first kappa shape index (κ1) is 32.6. The second-order valence-corrected chi connectivity index (χ2v) is 18.9. The highest BCUT2D eigenvalue weighted by Crippen LogP contribution is 2.37. The van der Waals surface area contributed by atoms with Crippen LogP contribution in [0.5, 0.6) is 0 Å². The van der Waals surface area contributed by atoms with Gasteiger partial charge in [-0.2, -0.15) is 13.2 Å². The van der Waals surface area contributed by atoms with Crippen LogP contribution in [0.1, 0.15) is 49.1 Å². The highest BCUT2D eigenvalue weighted by atomic mass is 28.3. The molecule has 45 heavy (non-hydrogen) atoms. The van der Waals surface area contributed by atoms with E-state index in [-0.39, 0.29) is 18.5 Å². The van der Waals surface area contributed by atoms with Gasteiger partial charge in [-0.05, 0) is 30.0 Å². The zero-order valence-electron chi connectivity index (χ0n) is 26.8. The van der Waals surface area contributed by atoms with Crippen molar-refractivity contribution in [2.24, 2.45) is 7.05 Å². The quantitative estimate of drug-likeness (QED) is 0.124. The number of hydrogen-bond acceptors (Lipinski definition) is 5. The first-order valence-electron chi connectivity index (χ1n) is 15.0. The molecule has 0 saturated carbocycles. The van der Waals surface area contributed by atoms with Gasteiger partial charge in [0.15, 0.2) is 11.5 Å². The molecule has 5 aromatic rings. The van der Waals surface area contributed by atoms with Crippen molar-refractivity contribution in [3.05, 3.63) is 89.5 Å². The van der Waals surface area contributed by atoms with Crippen molar-refractivity contribution >= 4 is 19.1 Å². The van der Waals surface area contributed by atoms with Gasteiger partial charge < -0.3 is 19.0 Å². The topological polar surface area (TPSA) is 78.0 Å². The Hall–Kier alpha value is -3.80. The summed E-state index contributed by atoms with van der Waals surface area (Å²) in [6, 6.07) is 15.8. The molecule has 1 unspecified atom stereocenters. The lowest BCUT2D eigenvalue weighted by Gasteiger charge is -2.24. The first-order valence-corrected chi connectivity index (χ1v) is 18.7. The summed E-state index contributed by atoms with van der Waals surface area (Å²) in [6.07, 6.45) is 0.0598. The molecule has 0 saturated heterocycles. The SMILES string of the molecule is CC(C)c1ccccc1-c1ncc2c(n1)c(C(C)(O)c1ccc(-c3nc(C(F)(F)F)cn3C)cc1)cn2COCC[Si](C)(C)C. The Morgan fingerprint density at radius 3 is 2.29 bits per heavy atom. The first-order chi connectivity index (χ1) is 21.1. The molecule has 0 aliphatic carbocycles. The molecular weight excluding hydrogens is 595 g/mol. The number of alkyl halides is 3. The minimum Gasteiger partial charge on any atom is -0.381 e. The number of aromatic nitrogens is 5. The molecule has 238 valence electrons. The molecule has 5 rings (SSSR count). The molecule has 0 radical (unpaired) electrons.